The van der Waals surface area contributed by atoms with E-state index >= 15 is 0 Å². The van der Waals surface area contributed by atoms with Gasteiger partial charge in [0.05, 0.1) is 12.0 Å². The Balaban J connectivity index is 1.97. The average Bonchev–Trinajstić information content (AvgIpc) is 3.04. The number of hydrogen-bond donors (Lipinski definition) is 0. The minimum Gasteiger partial charge on any atom is -0.465 e. The molecule has 0 radical (unpaired) electrons. The molecule has 1 aromatic carbocycles. The smallest absolute Gasteiger partial charge is 0.132 e. The molecule has 4 rings (SSSR count). The van der Waals surface area contributed by atoms with Gasteiger partial charge in [-0.05, 0) is 24.1 Å². The Bertz CT molecular complexity index is 639. The van der Waals surface area contributed by atoms with Crippen LogP contribution in [0.5, 0.6) is 0 Å². The summed E-state index contributed by atoms with van der Waals surface area (Å²) in [6.07, 6.45) is 2.92. The summed E-state index contributed by atoms with van der Waals surface area (Å²) in [5.41, 5.74) is 5.62. The Labute approximate surface area is 113 Å². The van der Waals surface area contributed by atoms with Crippen molar-refractivity contribution >= 4 is 11.3 Å². The number of rotatable bonds is 1. The van der Waals surface area contributed by atoms with Crippen molar-refractivity contribution in [1.29, 1.82) is 0 Å². The molecule has 0 fully saturated rings. The lowest BCUT2D eigenvalue weighted by atomic mass is 9.93. The van der Waals surface area contributed by atoms with E-state index < -0.39 is 0 Å². The molecule has 1 aromatic heterocycles. The van der Waals surface area contributed by atoms with Gasteiger partial charge in [-0.3, -0.25) is 0 Å². The molecule has 1 unspecified atom stereocenters. The molecule has 2 heteroatoms. The van der Waals surface area contributed by atoms with Gasteiger partial charge in [0.2, 0.25) is 0 Å². The van der Waals surface area contributed by atoms with E-state index in [-0.39, 0.29) is 0 Å². The van der Waals surface area contributed by atoms with E-state index in [1.54, 1.807) is 6.26 Å². The highest BCUT2D eigenvalue weighted by atomic mass is 16.3. The van der Waals surface area contributed by atoms with Gasteiger partial charge in [0.25, 0.3) is 0 Å². The predicted octanol–water partition coefficient (Wildman–Crippen LogP) is 3.66. The van der Waals surface area contributed by atoms with Crippen LogP contribution in [0.2, 0.25) is 0 Å². The minimum atomic E-state index is 0.535. The van der Waals surface area contributed by atoms with E-state index in [0.717, 1.165) is 25.3 Å². The fourth-order valence-corrected chi connectivity index (χ4v) is 3.45. The largest absolute Gasteiger partial charge is 0.465 e. The Morgan fingerprint density at radius 3 is 2.89 bits per heavy atom. The molecule has 0 amide bonds. The SMILES string of the molecule is CC1CN2CCc3ccccc3C2=C1c1ccco1. The summed E-state index contributed by atoms with van der Waals surface area (Å²) in [5, 5.41) is 0. The molecule has 2 nitrogen and oxygen atoms in total. The maximum atomic E-state index is 5.67. The lowest BCUT2D eigenvalue weighted by Gasteiger charge is -2.29. The van der Waals surface area contributed by atoms with Gasteiger partial charge in [-0.15, -0.1) is 0 Å². The number of furan rings is 1. The van der Waals surface area contributed by atoms with Gasteiger partial charge in [0.1, 0.15) is 5.76 Å². The first kappa shape index (κ1) is 10.9. The van der Waals surface area contributed by atoms with Gasteiger partial charge in [0.15, 0.2) is 0 Å². The molecule has 1 atom stereocenters. The molecular weight excluding hydrogens is 234 g/mol. The standard InChI is InChI=1S/C17H17NO/c1-12-11-18-9-8-13-5-2-3-6-14(13)17(18)16(12)15-7-4-10-19-15/h2-7,10,12H,8-9,11H2,1H3. The topological polar surface area (TPSA) is 16.4 Å². The molecule has 19 heavy (non-hydrogen) atoms. The first-order valence-corrected chi connectivity index (χ1v) is 6.96. The molecule has 0 bridgehead atoms. The molecule has 0 saturated carbocycles. The number of benzene rings is 1. The number of nitrogens with zero attached hydrogens (tertiary/aromatic N) is 1. The van der Waals surface area contributed by atoms with Crippen molar-refractivity contribution in [2.75, 3.05) is 13.1 Å². The lowest BCUT2D eigenvalue weighted by molar-refractivity contribution is 0.388. The number of hydrogen-bond acceptors (Lipinski definition) is 2. The van der Waals surface area contributed by atoms with Gasteiger partial charge < -0.3 is 9.32 Å². The van der Waals surface area contributed by atoms with E-state index in [9.17, 15) is 0 Å². The zero-order valence-corrected chi connectivity index (χ0v) is 11.1. The minimum absolute atomic E-state index is 0.535. The monoisotopic (exact) mass is 251 g/mol. The summed E-state index contributed by atoms with van der Waals surface area (Å²) in [4.78, 5) is 2.52. The number of fused-ring (bicyclic) bond motifs is 3. The van der Waals surface area contributed by atoms with Crippen LogP contribution in [-0.4, -0.2) is 18.0 Å². The highest BCUT2D eigenvalue weighted by molar-refractivity contribution is 5.93. The summed E-state index contributed by atoms with van der Waals surface area (Å²) in [6.45, 7) is 4.53. The summed E-state index contributed by atoms with van der Waals surface area (Å²) in [6, 6.07) is 12.8. The lowest BCUT2D eigenvalue weighted by Crippen LogP contribution is -2.27. The normalized spacial score (nSPS) is 21.5. The first-order chi connectivity index (χ1) is 9.34. The predicted molar refractivity (Wildman–Crippen MR) is 76.4 cm³/mol. The van der Waals surface area contributed by atoms with Crippen LogP contribution in [0.1, 0.15) is 23.8 Å². The van der Waals surface area contributed by atoms with E-state index in [0.29, 0.717) is 5.92 Å². The summed E-state index contributed by atoms with van der Waals surface area (Å²) in [5.74, 6) is 1.56. The zero-order valence-electron chi connectivity index (χ0n) is 11.1. The van der Waals surface area contributed by atoms with E-state index in [1.165, 1.54) is 22.4 Å². The summed E-state index contributed by atoms with van der Waals surface area (Å²) in [7, 11) is 0. The van der Waals surface area contributed by atoms with Crippen LogP contribution in [0.15, 0.2) is 47.1 Å². The molecule has 96 valence electrons. The van der Waals surface area contributed by atoms with Crippen LogP contribution in [0.3, 0.4) is 0 Å². The molecule has 0 saturated heterocycles. The molecule has 0 aliphatic carbocycles. The van der Waals surface area contributed by atoms with Gasteiger partial charge in [-0.1, -0.05) is 31.2 Å². The third kappa shape index (κ3) is 1.56. The van der Waals surface area contributed by atoms with Crippen molar-refractivity contribution in [2.24, 2.45) is 5.92 Å². The van der Waals surface area contributed by atoms with Gasteiger partial charge in [-0.25, -0.2) is 0 Å². The maximum absolute atomic E-state index is 5.67. The van der Waals surface area contributed by atoms with Gasteiger partial charge >= 0.3 is 0 Å². The highest BCUT2D eigenvalue weighted by Gasteiger charge is 2.34. The van der Waals surface area contributed by atoms with Gasteiger partial charge in [0, 0.05) is 30.1 Å². The molecule has 2 aliphatic heterocycles. The van der Waals surface area contributed by atoms with Crippen molar-refractivity contribution < 1.29 is 4.42 Å². The fraction of sp³-hybridized carbons (Fsp3) is 0.294. The maximum Gasteiger partial charge on any atom is 0.132 e. The van der Waals surface area contributed by atoms with Crippen molar-refractivity contribution in [1.82, 2.24) is 4.90 Å². The first-order valence-electron chi connectivity index (χ1n) is 6.96. The zero-order chi connectivity index (χ0) is 12.8. The van der Waals surface area contributed by atoms with Gasteiger partial charge in [-0.2, -0.15) is 0 Å². The average molecular weight is 251 g/mol. The van der Waals surface area contributed by atoms with Crippen LogP contribution in [0.4, 0.5) is 0 Å². The van der Waals surface area contributed by atoms with Crippen LogP contribution < -0.4 is 0 Å². The van der Waals surface area contributed by atoms with Crippen molar-refractivity contribution in [3.8, 4) is 0 Å². The second kappa shape index (κ2) is 4.02. The molecule has 3 heterocycles. The Hall–Kier alpha value is -1.96. The summed E-state index contributed by atoms with van der Waals surface area (Å²) >= 11 is 0. The van der Waals surface area contributed by atoms with Crippen LogP contribution in [0.25, 0.3) is 11.3 Å². The fourth-order valence-electron chi connectivity index (χ4n) is 3.45. The van der Waals surface area contributed by atoms with Crippen LogP contribution in [0, 0.1) is 5.92 Å². The molecule has 0 N–H and O–H groups in total. The molecule has 2 aromatic rings. The van der Waals surface area contributed by atoms with E-state index in [4.69, 9.17) is 4.42 Å². The highest BCUT2D eigenvalue weighted by Crippen LogP contribution is 2.44. The molecule has 0 spiro atoms. The Kier molecular flexibility index (Phi) is 2.31. The third-order valence-corrected chi connectivity index (χ3v) is 4.27. The van der Waals surface area contributed by atoms with E-state index in [1.807, 2.05) is 6.07 Å². The Morgan fingerprint density at radius 1 is 1.16 bits per heavy atom. The molecule has 2 aliphatic rings. The van der Waals surface area contributed by atoms with E-state index in [2.05, 4.69) is 42.2 Å². The van der Waals surface area contributed by atoms with Crippen LogP contribution in [-0.2, 0) is 6.42 Å². The van der Waals surface area contributed by atoms with Crippen molar-refractivity contribution in [3.63, 3.8) is 0 Å². The Morgan fingerprint density at radius 2 is 2.05 bits per heavy atom. The summed E-state index contributed by atoms with van der Waals surface area (Å²) < 4.78 is 5.67. The third-order valence-electron chi connectivity index (χ3n) is 4.27. The quantitative estimate of drug-likeness (QED) is 0.769. The van der Waals surface area contributed by atoms with Crippen LogP contribution >= 0.6 is 0 Å². The van der Waals surface area contributed by atoms with Crippen molar-refractivity contribution in [3.05, 3.63) is 59.5 Å². The second-order valence-electron chi connectivity index (χ2n) is 5.49. The second-order valence-corrected chi connectivity index (χ2v) is 5.49. The molecular formula is C17H17NO. The van der Waals surface area contributed by atoms with Crippen molar-refractivity contribution in [2.45, 2.75) is 13.3 Å².